The molecule has 5 heterocycles. The zero-order chi connectivity index (χ0) is 27.1. The Morgan fingerprint density at radius 2 is 1.85 bits per heavy atom. The van der Waals surface area contributed by atoms with Crippen LogP contribution in [-0.2, 0) is 0 Å². The number of halogens is 2. The van der Waals surface area contributed by atoms with Gasteiger partial charge < -0.3 is 19.6 Å². The smallest absolute Gasteiger partial charge is 0.341 e. The highest BCUT2D eigenvalue weighted by atomic mass is 35.5. The van der Waals surface area contributed by atoms with E-state index >= 15 is 0 Å². The maximum absolute atomic E-state index is 13.1. The molecular weight excluding hydrogens is 543 g/mol. The molecule has 2 saturated heterocycles. The van der Waals surface area contributed by atoms with Crippen molar-refractivity contribution in [1.82, 2.24) is 19.5 Å². The van der Waals surface area contributed by atoms with Gasteiger partial charge in [-0.05, 0) is 43.5 Å². The van der Waals surface area contributed by atoms with Gasteiger partial charge in [-0.25, -0.2) is 19.7 Å². The van der Waals surface area contributed by atoms with Gasteiger partial charge in [0.2, 0.25) is 11.3 Å². The van der Waals surface area contributed by atoms with Gasteiger partial charge in [-0.1, -0.05) is 23.2 Å². The van der Waals surface area contributed by atoms with Gasteiger partial charge in [-0.15, -0.1) is 0 Å². The number of aromatic carboxylic acids is 1. The summed E-state index contributed by atoms with van der Waals surface area (Å²) in [7, 11) is 0. The molecule has 10 nitrogen and oxygen atoms in total. The number of carboxylic acid groups (broad SMARTS) is 1. The lowest BCUT2D eigenvalue weighted by molar-refractivity contribution is 0.0695. The van der Waals surface area contributed by atoms with E-state index in [1.54, 1.807) is 35.3 Å². The predicted octanol–water partition coefficient (Wildman–Crippen LogP) is 4.44. The van der Waals surface area contributed by atoms with Crippen LogP contribution in [0, 0.1) is 0 Å². The van der Waals surface area contributed by atoms with E-state index in [9.17, 15) is 14.7 Å². The lowest BCUT2D eigenvalue weighted by atomic mass is 10.1. The summed E-state index contributed by atoms with van der Waals surface area (Å²) in [4.78, 5) is 42.6. The quantitative estimate of drug-likeness (QED) is 0.346. The van der Waals surface area contributed by atoms with E-state index in [0.29, 0.717) is 39.6 Å². The summed E-state index contributed by atoms with van der Waals surface area (Å²) in [6.45, 7) is 2.93. The van der Waals surface area contributed by atoms with Crippen LogP contribution in [0.2, 0.25) is 10.0 Å². The van der Waals surface area contributed by atoms with Crippen LogP contribution < -0.4 is 20.0 Å². The lowest BCUT2D eigenvalue weighted by Crippen LogP contribution is -2.37. The Hall–Kier alpha value is -3.89. The van der Waals surface area contributed by atoms with Crippen LogP contribution in [0.1, 0.15) is 29.6 Å². The van der Waals surface area contributed by atoms with Crippen molar-refractivity contribution in [1.29, 1.82) is 0 Å². The third-order valence-electron chi connectivity index (χ3n) is 7.18. The number of aromatic nitrogens is 4. The summed E-state index contributed by atoms with van der Waals surface area (Å²) >= 11 is 12.9. The highest BCUT2D eigenvalue weighted by Gasteiger charge is 2.29. The number of rotatable bonds is 7. The van der Waals surface area contributed by atoms with Crippen molar-refractivity contribution in [3.05, 3.63) is 74.9 Å². The molecule has 0 unspecified atom stereocenters. The van der Waals surface area contributed by atoms with Gasteiger partial charge in [0.15, 0.2) is 5.82 Å². The Labute approximate surface area is 233 Å². The third-order valence-corrected chi connectivity index (χ3v) is 7.77. The minimum atomic E-state index is -1.33. The molecule has 2 fully saturated rings. The van der Waals surface area contributed by atoms with Gasteiger partial charge >= 0.3 is 5.97 Å². The molecule has 0 spiro atoms. The number of nitrogens with zero attached hydrogens (tertiary/aromatic N) is 6. The Morgan fingerprint density at radius 3 is 2.54 bits per heavy atom. The molecule has 3 aromatic heterocycles. The number of hydrogen-bond acceptors (Lipinski definition) is 8. The van der Waals surface area contributed by atoms with Gasteiger partial charge in [0, 0.05) is 37.4 Å². The molecule has 0 saturated carbocycles. The van der Waals surface area contributed by atoms with E-state index in [1.807, 2.05) is 6.07 Å². The van der Waals surface area contributed by atoms with E-state index in [1.165, 1.54) is 12.3 Å². The van der Waals surface area contributed by atoms with E-state index in [0.717, 1.165) is 44.7 Å². The van der Waals surface area contributed by atoms with Gasteiger partial charge in [0.1, 0.15) is 23.0 Å². The first kappa shape index (κ1) is 25.4. The maximum atomic E-state index is 13.1. The first-order valence-electron chi connectivity index (χ1n) is 12.6. The first-order valence-corrected chi connectivity index (χ1v) is 13.4. The summed E-state index contributed by atoms with van der Waals surface area (Å²) in [5.74, 6) is 0.188. The van der Waals surface area contributed by atoms with Gasteiger partial charge in [0.25, 0.3) is 0 Å². The molecule has 2 aliphatic heterocycles. The molecular formula is C27H24Cl2N6O4. The predicted molar refractivity (Wildman–Crippen MR) is 149 cm³/mol. The summed E-state index contributed by atoms with van der Waals surface area (Å²) < 4.78 is 7.51. The number of fused-ring (bicyclic) bond motifs is 1. The van der Waals surface area contributed by atoms with E-state index in [-0.39, 0.29) is 17.0 Å². The molecule has 0 amide bonds. The molecule has 4 aromatic rings. The lowest BCUT2D eigenvalue weighted by Gasteiger charge is -2.31. The fraction of sp³-hybridized carbons (Fsp3) is 0.296. The second-order valence-electron chi connectivity index (χ2n) is 9.53. The zero-order valence-corrected chi connectivity index (χ0v) is 22.3. The van der Waals surface area contributed by atoms with E-state index in [2.05, 4.69) is 24.8 Å². The molecule has 0 aliphatic carbocycles. The molecule has 200 valence electrons. The number of benzene rings is 1. The minimum absolute atomic E-state index is 0.00733. The van der Waals surface area contributed by atoms with E-state index < -0.39 is 11.4 Å². The molecule has 12 heteroatoms. The number of ether oxygens (including phenoxy) is 1. The molecule has 1 atom stereocenters. The monoisotopic (exact) mass is 566 g/mol. The number of hydrogen-bond donors (Lipinski definition) is 1. The van der Waals surface area contributed by atoms with Gasteiger partial charge in [-0.3, -0.25) is 9.36 Å². The molecule has 2 aliphatic rings. The number of anilines is 2. The van der Waals surface area contributed by atoms with Crippen LogP contribution in [0.5, 0.6) is 5.88 Å². The van der Waals surface area contributed by atoms with Crippen molar-refractivity contribution in [3.8, 4) is 11.7 Å². The van der Waals surface area contributed by atoms with Crippen molar-refractivity contribution in [2.75, 3.05) is 36.0 Å². The van der Waals surface area contributed by atoms with Crippen LogP contribution >= 0.6 is 23.2 Å². The number of carbonyl (C=O) groups is 1. The normalized spacial score (nSPS) is 16.9. The zero-order valence-electron chi connectivity index (χ0n) is 20.8. The largest absolute Gasteiger partial charge is 0.477 e. The third kappa shape index (κ3) is 4.74. The molecule has 0 bridgehead atoms. The Kier molecular flexibility index (Phi) is 6.74. The van der Waals surface area contributed by atoms with E-state index in [4.69, 9.17) is 27.9 Å². The van der Waals surface area contributed by atoms with Crippen molar-refractivity contribution < 1.29 is 14.6 Å². The highest BCUT2D eigenvalue weighted by Crippen LogP contribution is 2.36. The average molecular weight is 567 g/mol. The standard InChI is InChI=1S/C27H24Cl2N6O4/c28-19-5-1-6-30-26(19)39-15-16-4-2-9-34(16)22-11-21-17(10-20(22)29)25(36)18(27(37)38)14-35(21)24-13-31-23(12-32-24)33-7-3-8-33/h1,5-6,10-14,16H,2-4,7-9,15H2,(H,37,38)/t16-/m1/s1. The fourth-order valence-corrected chi connectivity index (χ4v) is 5.47. The molecule has 39 heavy (non-hydrogen) atoms. The SMILES string of the molecule is O=C(O)c1cn(-c2cnc(N3CCC3)cn2)c2cc(N3CCC[C@@H]3COc3ncccc3Cl)c(Cl)cc2c1=O. The van der Waals surface area contributed by atoms with Crippen LogP contribution in [0.4, 0.5) is 11.5 Å². The minimum Gasteiger partial charge on any atom is -0.477 e. The Balaban J connectivity index is 1.41. The summed E-state index contributed by atoms with van der Waals surface area (Å²) in [6, 6.07) is 6.80. The van der Waals surface area contributed by atoms with Gasteiger partial charge in [-0.2, -0.15) is 0 Å². The summed E-state index contributed by atoms with van der Waals surface area (Å²) in [5, 5.41) is 10.7. The van der Waals surface area contributed by atoms with Crippen molar-refractivity contribution in [2.24, 2.45) is 0 Å². The summed E-state index contributed by atoms with van der Waals surface area (Å²) in [6.07, 6.45) is 9.06. The van der Waals surface area contributed by atoms with Crippen LogP contribution in [-0.4, -0.2) is 62.9 Å². The van der Waals surface area contributed by atoms with Crippen molar-refractivity contribution in [3.63, 3.8) is 0 Å². The second-order valence-corrected chi connectivity index (χ2v) is 10.3. The van der Waals surface area contributed by atoms with Crippen LogP contribution in [0.15, 0.2) is 53.8 Å². The second kappa shape index (κ2) is 10.3. The summed E-state index contributed by atoms with van der Waals surface area (Å²) in [5.41, 5.74) is 0.205. The molecule has 1 aromatic carbocycles. The van der Waals surface area contributed by atoms with Crippen molar-refractivity contribution in [2.45, 2.75) is 25.3 Å². The average Bonchev–Trinajstić information content (AvgIpc) is 3.36. The topological polar surface area (TPSA) is 114 Å². The first-order chi connectivity index (χ1) is 18.9. The molecule has 0 radical (unpaired) electrons. The van der Waals surface area contributed by atoms with Crippen molar-refractivity contribution >= 4 is 51.6 Å². The number of pyridine rings is 2. The highest BCUT2D eigenvalue weighted by molar-refractivity contribution is 6.34. The molecule has 6 rings (SSSR count). The van der Waals surface area contributed by atoms with Gasteiger partial charge in [0.05, 0.1) is 34.7 Å². The maximum Gasteiger partial charge on any atom is 0.341 e. The Morgan fingerprint density at radius 1 is 1.05 bits per heavy atom. The number of carboxylic acids is 1. The fourth-order valence-electron chi connectivity index (χ4n) is 5.02. The molecule has 1 N–H and O–H groups in total. The Bertz CT molecular complexity index is 1620. The van der Waals surface area contributed by atoms with Crippen LogP contribution in [0.25, 0.3) is 16.7 Å². The van der Waals surface area contributed by atoms with Crippen LogP contribution in [0.3, 0.4) is 0 Å².